The van der Waals surface area contributed by atoms with Gasteiger partial charge in [-0.3, -0.25) is 0 Å². The Bertz CT molecular complexity index is 2710. The van der Waals surface area contributed by atoms with Crippen LogP contribution in [0.3, 0.4) is 0 Å². The molecule has 0 radical (unpaired) electrons. The van der Waals surface area contributed by atoms with Crippen LogP contribution in [0.1, 0.15) is 22.8 Å². The van der Waals surface area contributed by atoms with Gasteiger partial charge >= 0.3 is 0 Å². The maximum Gasteiger partial charge on any atom is 0.169 e. The normalized spacial score (nSPS) is 12.0. The van der Waals surface area contributed by atoms with Crippen LogP contribution in [0.5, 0.6) is 5.75 Å². The van der Waals surface area contributed by atoms with Gasteiger partial charge in [-0.2, -0.15) is 0 Å². The Labute approximate surface area is 307 Å². The Morgan fingerprint density at radius 3 is 0.962 bits per heavy atom. The Morgan fingerprint density at radius 2 is 0.679 bits per heavy atom. The lowest BCUT2D eigenvalue weighted by molar-refractivity contribution is -0.671. The van der Waals surface area contributed by atoms with Gasteiger partial charge in [0.1, 0.15) is 26.9 Å². The van der Waals surface area contributed by atoms with E-state index in [0.717, 1.165) is 95.1 Å². The third kappa shape index (κ3) is 5.90. The van der Waals surface area contributed by atoms with Crippen LogP contribution in [0.15, 0.2) is 122 Å². The lowest BCUT2D eigenvalue weighted by Gasteiger charge is -2.07. The fourth-order valence-electron chi connectivity index (χ4n) is 7.18. The second-order valence-electron chi connectivity index (χ2n) is 13.5. The number of nitrogens with one attached hydrogen (secondary N) is 2. The minimum atomic E-state index is 0.799. The number of aromatic amines is 2. The van der Waals surface area contributed by atoms with Crippen LogP contribution < -0.4 is 18.4 Å². The first-order chi connectivity index (χ1) is 25.9. The maximum absolute atomic E-state index is 5.53. The van der Waals surface area contributed by atoms with Gasteiger partial charge in [0.05, 0.1) is 29.9 Å². The number of H-pyrrole nitrogens is 2. The zero-order valence-electron chi connectivity index (χ0n) is 30.0. The molecular weight excluding hydrogens is 655 g/mol. The summed E-state index contributed by atoms with van der Waals surface area (Å²) in [7, 11) is 7.78. The van der Waals surface area contributed by atoms with E-state index in [1.165, 1.54) is 0 Å². The van der Waals surface area contributed by atoms with Gasteiger partial charge in [0.2, 0.25) is 0 Å². The molecule has 0 unspecified atom stereocenters. The summed E-state index contributed by atoms with van der Waals surface area (Å²) in [5, 5.41) is 0. The van der Waals surface area contributed by atoms with Gasteiger partial charge in [0, 0.05) is 80.7 Å². The highest BCUT2D eigenvalue weighted by Crippen LogP contribution is 2.38. The number of hydrogen-bond donors (Lipinski definition) is 2. The van der Waals surface area contributed by atoms with E-state index >= 15 is 0 Å². The standard InChI is InChI=1S/C45H37N7O/c1-50-23-17-30(18-24-50)43-36-11-9-34(46-36)42(29-5-7-33(53-4)8-6-29)35-10-12-37(47-35)44(31-19-25-51(2)26-20-31)39-14-16-41(49-39)45(40-15-13-38(43)48-40)32-21-27-52(3)28-22-32/h5-28H,1-4H3,(H,46,47,48,49)/q+2/p+1. The summed E-state index contributed by atoms with van der Waals surface area (Å²) in [6, 6.07) is 29.6. The van der Waals surface area contributed by atoms with E-state index in [4.69, 9.17) is 14.7 Å². The minimum Gasteiger partial charge on any atom is -0.497 e. The molecule has 2 aliphatic heterocycles. The highest BCUT2D eigenvalue weighted by atomic mass is 16.5. The second-order valence-corrected chi connectivity index (χ2v) is 13.5. The molecule has 8 nitrogen and oxygen atoms in total. The van der Waals surface area contributed by atoms with Crippen molar-refractivity contribution in [2.24, 2.45) is 21.1 Å². The molecule has 0 amide bonds. The van der Waals surface area contributed by atoms with Crippen molar-refractivity contribution < 1.29 is 18.4 Å². The Morgan fingerprint density at radius 1 is 0.396 bits per heavy atom. The van der Waals surface area contributed by atoms with Gasteiger partial charge in [-0.05, 0) is 83.0 Å². The molecule has 7 aromatic rings. The third-order valence-corrected chi connectivity index (χ3v) is 9.93. The van der Waals surface area contributed by atoms with E-state index in [9.17, 15) is 0 Å². The maximum atomic E-state index is 5.53. The summed E-state index contributed by atoms with van der Waals surface area (Å²) >= 11 is 0. The fourth-order valence-corrected chi connectivity index (χ4v) is 7.18. The average molecular weight is 693 g/mol. The molecule has 0 aliphatic carbocycles. The molecule has 1 aromatic carbocycles. The van der Waals surface area contributed by atoms with E-state index in [-0.39, 0.29) is 0 Å². The number of hydrogen-bond acceptors (Lipinski definition) is 3. The Balaban J connectivity index is 1.46. The van der Waals surface area contributed by atoms with Crippen molar-refractivity contribution in [2.45, 2.75) is 0 Å². The zero-order chi connectivity index (χ0) is 36.1. The summed E-state index contributed by atoms with van der Waals surface area (Å²) in [4.78, 5) is 18.4. The van der Waals surface area contributed by atoms with Crippen LogP contribution in [0.25, 0.3) is 90.9 Å². The van der Waals surface area contributed by atoms with Crippen molar-refractivity contribution in [3.8, 4) is 50.3 Å². The molecule has 8 heteroatoms. The monoisotopic (exact) mass is 692 g/mol. The van der Waals surface area contributed by atoms with Gasteiger partial charge in [0.15, 0.2) is 37.2 Å². The summed E-state index contributed by atoms with van der Waals surface area (Å²) in [5.41, 5.74) is 15.6. The minimum absolute atomic E-state index is 0.799. The van der Waals surface area contributed by atoms with Gasteiger partial charge in [-0.15, -0.1) is 0 Å². The largest absolute Gasteiger partial charge is 0.497 e. The molecule has 0 saturated carbocycles. The first-order valence-electron chi connectivity index (χ1n) is 17.6. The molecule has 0 saturated heterocycles. The van der Waals surface area contributed by atoms with Crippen LogP contribution in [0.2, 0.25) is 0 Å². The number of benzene rings is 1. The topological polar surface area (TPSA) is 78.2 Å². The lowest BCUT2D eigenvalue weighted by atomic mass is 10.0. The molecule has 0 atom stereocenters. The van der Waals surface area contributed by atoms with Crippen molar-refractivity contribution in [3.05, 3.63) is 145 Å². The van der Waals surface area contributed by atoms with Crippen LogP contribution in [0.4, 0.5) is 0 Å². The number of pyridine rings is 3. The first kappa shape index (κ1) is 32.0. The van der Waals surface area contributed by atoms with E-state index in [2.05, 4.69) is 144 Å². The SMILES string of the molecule is COc1ccc(-c2c3nc(c(-c4cc[n+](C)cc4)c4ccc([nH]4)c(-c4cc[n+](C)cc4)c4nc(c(-c5cc[n+](C)cc5)c5ccc2[nH]5)C=C4)C=C3)cc1. The quantitative estimate of drug-likeness (QED) is 0.181. The predicted octanol–water partition coefficient (Wildman–Crippen LogP) is 7.81. The molecule has 8 bridgehead atoms. The van der Waals surface area contributed by atoms with Crippen LogP contribution in [-0.2, 0) is 21.1 Å². The molecule has 2 N–H and O–H groups in total. The molecule has 2 aliphatic rings. The number of nitrogens with zero attached hydrogens (tertiary/aromatic N) is 5. The van der Waals surface area contributed by atoms with E-state index < -0.39 is 0 Å². The number of fused-ring (bicyclic) bond motifs is 8. The van der Waals surface area contributed by atoms with Crippen LogP contribution in [0, 0.1) is 0 Å². The molecule has 256 valence electrons. The highest BCUT2D eigenvalue weighted by molar-refractivity contribution is 5.99. The van der Waals surface area contributed by atoms with Crippen molar-refractivity contribution in [1.82, 2.24) is 19.9 Å². The molecule has 0 spiro atoms. The second kappa shape index (κ2) is 13.0. The summed E-state index contributed by atoms with van der Waals surface area (Å²) in [6.07, 6.45) is 20.9. The van der Waals surface area contributed by atoms with Gasteiger partial charge in [-0.1, -0.05) is 12.1 Å². The van der Waals surface area contributed by atoms with E-state index in [1.54, 1.807) is 7.11 Å². The smallest absolute Gasteiger partial charge is 0.169 e. The van der Waals surface area contributed by atoms with E-state index in [1.807, 2.05) is 47.0 Å². The lowest BCUT2D eigenvalue weighted by Crippen LogP contribution is -2.25. The van der Waals surface area contributed by atoms with Crippen LogP contribution >= 0.6 is 0 Å². The number of ether oxygens (including phenoxy) is 1. The number of rotatable bonds is 5. The van der Waals surface area contributed by atoms with Gasteiger partial charge in [0.25, 0.3) is 0 Å². The molecule has 53 heavy (non-hydrogen) atoms. The van der Waals surface area contributed by atoms with E-state index in [0.29, 0.717) is 0 Å². The Kier molecular flexibility index (Phi) is 7.85. The zero-order valence-corrected chi connectivity index (χ0v) is 30.0. The molecule has 0 fully saturated rings. The van der Waals surface area contributed by atoms with Crippen molar-refractivity contribution in [3.63, 3.8) is 0 Å². The predicted molar refractivity (Wildman–Crippen MR) is 211 cm³/mol. The van der Waals surface area contributed by atoms with Gasteiger partial charge in [-0.25, -0.2) is 23.7 Å². The summed E-state index contributed by atoms with van der Waals surface area (Å²) < 4.78 is 11.7. The molecule has 9 rings (SSSR count). The average Bonchev–Trinajstić information content (AvgIpc) is 4.02. The van der Waals surface area contributed by atoms with Gasteiger partial charge < -0.3 is 14.7 Å². The fraction of sp³-hybridized carbons (Fsp3) is 0.0889. The Hall–Kier alpha value is -6.93. The number of aryl methyl sites for hydroxylation is 3. The molecule has 8 heterocycles. The summed E-state index contributed by atoms with van der Waals surface area (Å²) in [5.74, 6) is 0.799. The molecule has 6 aromatic heterocycles. The first-order valence-corrected chi connectivity index (χ1v) is 17.6. The van der Waals surface area contributed by atoms with Crippen molar-refractivity contribution in [1.29, 1.82) is 0 Å². The molecular formula is C45H38N7O+3. The number of aromatic nitrogens is 7. The third-order valence-electron chi connectivity index (χ3n) is 9.93. The van der Waals surface area contributed by atoms with Crippen molar-refractivity contribution in [2.75, 3.05) is 7.11 Å². The number of methoxy groups -OCH3 is 1. The van der Waals surface area contributed by atoms with Crippen molar-refractivity contribution >= 4 is 46.4 Å². The summed E-state index contributed by atoms with van der Waals surface area (Å²) in [6.45, 7) is 0. The van der Waals surface area contributed by atoms with Crippen LogP contribution in [-0.4, -0.2) is 27.0 Å². The highest BCUT2D eigenvalue weighted by Gasteiger charge is 2.20.